The monoisotopic (exact) mass is 355 g/mol. The van der Waals surface area contributed by atoms with Crippen molar-refractivity contribution in [3.05, 3.63) is 47.7 Å². The average molecular weight is 355 g/mol. The van der Waals surface area contributed by atoms with Gasteiger partial charge >= 0.3 is 0 Å². The normalized spacial score (nSPS) is 21.0. The molecule has 2 aliphatic heterocycles. The first-order chi connectivity index (χ1) is 12.8. The Labute approximate surface area is 153 Å². The molecular weight excluding hydrogens is 330 g/mol. The van der Waals surface area contributed by atoms with Crippen molar-refractivity contribution < 1.29 is 9.47 Å². The maximum absolute atomic E-state index is 5.76. The van der Waals surface area contributed by atoms with E-state index < -0.39 is 0 Å². The van der Waals surface area contributed by atoms with E-state index >= 15 is 0 Å². The molecule has 0 saturated carbocycles. The fourth-order valence-corrected chi connectivity index (χ4v) is 3.52. The van der Waals surface area contributed by atoms with Crippen molar-refractivity contribution in [2.45, 2.75) is 39.0 Å². The van der Waals surface area contributed by atoms with Gasteiger partial charge in [0.25, 0.3) is 0 Å². The molecule has 138 valence electrons. The van der Waals surface area contributed by atoms with E-state index in [9.17, 15) is 0 Å². The zero-order valence-electron chi connectivity index (χ0n) is 15.2. The topological polar surface area (TPSA) is 65.3 Å². The van der Waals surface area contributed by atoms with Gasteiger partial charge in [0.2, 0.25) is 5.88 Å². The van der Waals surface area contributed by atoms with E-state index in [0.29, 0.717) is 18.5 Å². The van der Waals surface area contributed by atoms with E-state index in [1.54, 1.807) is 6.20 Å². The van der Waals surface area contributed by atoms with Crippen LogP contribution in [0.25, 0.3) is 0 Å². The average Bonchev–Trinajstić information content (AvgIpc) is 2.99. The molecule has 4 rings (SSSR count). The van der Waals surface area contributed by atoms with E-state index in [1.165, 1.54) is 5.57 Å². The number of hydrogen-bond acceptors (Lipinski definition) is 6. The molecule has 2 aromatic heterocycles. The summed E-state index contributed by atoms with van der Waals surface area (Å²) in [5.74, 6) is 2.51. The summed E-state index contributed by atoms with van der Waals surface area (Å²) >= 11 is 0. The second kappa shape index (κ2) is 7.97. The van der Waals surface area contributed by atoms with Crippen molar-refractivity contribution in [1.82, 2.24) is 24.6 Å². The van der Waals surface area contributed by atoms with Crippen LogP contribution >= 0.6 is 0 Å². The number of fused-ring (bicyclic) bond motifs is 1. The van der Waals surface area contributed by atoms with Crippen molar-refractivity contribution in [3.63, 3.8) is 0 Å². The summed E-state index contributed by atoms with van der Waals surface area (Å²) < 4.78 is 13.5. The maximum atomic E-state index is 5.76. The lowest BCUT2D eigenvalue weighted by molar-refractivity contribution is 0.136. The summed E-state index contributed by atoms with van der Waals surface area (Å²) in [7, 11) is 0. The Morgan fingerprint density at radius 2 is 2.23 bits per heavy atom. The van der Waals surface area contributed by atoms with Crippen LogP contribution in [-0.4, -0.2) is 57.0 Å². The van der Waals surface area contributed by atoms with E-state index in [0.717, 1.165) is 57.3 Å². The molecule has 2 aromatic rings. The fraction of sp³-hybridized carbons (Fsp3) is 0.526. The van der Waals surface area contributed by atoms with Gasteiger partial charge in [0.1, 0.15) is 12.4 Å². The third kappa shape index (κ3) is 3.94. The van der Waals surface area contributed by atoms with Crippen molar-refractivity contribution in [1.29, 1.82) is 0 Å². The molecule has 7 nitrogen and oxygen atoms in total. The third-order valence-corrected chi connectivity index (χ3v) is 4.99. The van der Waals surface area contributed by atoms with Gasteiger partial charge in [-0.25, -0.2) is 4.98 Å². The SMILES string of the molecule is C[C@@H]1Cc2nnc(COc3ccccn3)n2CCN1CC1=CCCOC1. The Kier molecular flexibility index (Phi) is 5.26. The van der Waals surface area contributed by atoms with Gasteiger partial charge in [-0.3, -0.25) is 4.90 Å². The fourth-order valence-electron chi connectivity index (χ4n) is 3.52. The van der Waals surface area contributed by atoms with Crippen LogP contribution < -0.4 is 4.74 Å². The molecule has 0 amide bonds. The predicted molar refractivity (Wildman–Crippen MR) is 96.8 cm³/mol. The highest BCUT2D eigenvalue weighted by Gasteiger charge is 2.25. The van der Waals surface area contributed by atoms with E-state index in [1.807, 2.05) is 18.2 Å². The zero-order valence-corrected chi connectivity index (χ0v) is 15.2. The minimum absolute atomic E-state index is 0.386. The molecule has 7 heteroatoms. The molecule has 26 heavy (non-hydrogen) atoms. The summed E-state index contributed by atoms with van der Waals surface area (Å²) in [4.78, 5) is 6.70. The maximum Gasteiger partial charge on any atom is 0.213 e. The van der Waals surface area contributed by atoms with Gasteiger partial charge < -0.3 is 14.0 Å². The minimum Gasteiger partial charge on any atom is -0.469 e. The van der Waals surface area contributed by atoms with Crippen molar-refractivity contribution in [2.24, 2.45) is 0 Å². The molecule has 0 aliphatic carbocycles. The van der Waals surface area contributed by atoms with Gasteiger partial charge in [0.15, 0.2) is 5.82 Å². The number of aromatic nitrogens is 4. The second-order valence-electron chi connectivity index (χ2n) is 6.87. The summed E-state index contributed by atoms with van der Waals surface area (Å²) in [6, 6.07) is 6.06. The molecule has 0 spiro atoms. The van der Waals surface area contributed by atoms with E-state index in [2.05, 4.69) is 37.6 Å². The zero-order chi connectivity index (χ0) is 17.8. The lowest BCUT2D eigenvalue weighted by atomic mass is 10.1. The summed E-state index contributed by atoms with van der Waals surface area (Å²) in [6.45, 7) is 7.08. The smallest absolute Gasteiger partial charge is 0.213 e. The molecule has 2 aliphatic rings. The second-order valence-corrected chi connectivity index (χ2v) is 6.87. The lowest BCUT2D eigenvalue weighted by Crippen LogP contribution is -2.37. The first-order valence-electron chi connectivity index (χ1n) is 9.24. The molecule has 0 unspecified atom stereocenters. The van der Waals surface area contributed by atoms with Crippen LogP contribution in [0, 0.1) is 0 Å². The van der Waals surface area contributed by atoms with Gasteiger partial charge in [0, 0.05) is 44.4 Å². The quantitative estimate of drug-likeness (QED) is 0.763. The van der Waals surface area contributed by atoms with Crippen molar-refractivity contribution >= 4 is 0 Å². The standard InChI is InChI=1S/C19H25N5O2/c1-15-11-17-21-22-18(14-26-19-6-2-3-7-20-19)24(17)9-8-23(15)12-16-5-4-10-25-13-16/h2-3,5-7,15H,4,8-14H2,1H3/t15-/m1/s1. The molecular formula is C19H25N5O2. The molecule has 0 radical (unpaired) electrons. The lowest BCUT2D eigenvalue weighted by Gasteiger charge is -2.28. The Morgan fingerprint density at radius 1 is 1.27 bits per heavy atom. The van der Waals surface area contributed by atoms with Crippen LogP contribution in [0.5, 0.6) is 5.88 Å². The number of rotatable bonds is 5. The van der Waals surface area contributed by atoms with E-state index in [4.69, 9.17) is 9.47 Å². The number of hydrogen-bond donors (Lipinski definition) is 0. The van der Waals surface area contributed by atoms with Crippen LogP contribution in [0.2, 0.25) is 0 Å². The van der Waals surface area contributed by atoms with Crippen molar-refractivity contribution in [2.75, 3.05) is 26.3 Å². The Bertz CT molecular complexity index is 759. The van der Waals surface area contributed by atoms with Gasteiger partial charge in [-0.05, 0) is 25.0 Å². The van der Waals surface area contributed by atoms with Crippen LogP contribution in [0.4, 0.5) is 0 Å². The molecule has 0 fully saturated rings. The Hall–Kier alpha value is -2.25. The number of ether oxygens (including phenoxy) is 2. The Morgan fingerprint density at radius 3 is 3.04 bits per heavy atom. The number of pyridine rings is 1. The van der Waals surface area contributed by atoms with Crippen LogP contribution in [0.15, 0.2) is 36.0 Å². The summed E-state index contributed by atoms with van der Waals surface area (Å²) in [5, 5.41) is 8.75. The van der Waals surface area contributed by atoms with Gasteiger partial charge in [0.05, 0.1) is 13.2 Å². The molecule has 0 saturated heterocycles. The van der Waals surface area contributed by atoms with Crippen LogP contribution in [-0.2, 0) is 24.3 Å². The first kappa shape index (κ1) is 17.2. The summed E-state index contributed by atoms with van der Waals surface area (Å²) in [6.07, 6.45) is 5.97. The summed E-state index contributed by atoms with van der Waals surface area (Å²) in [5.41, 5.74) is 1.39. The molecule has 0 N–H and O–H groups in total. The van der Waals surface area contributed by atoms with Crippen molar-refractivity contribution in [3.8, 4) is 5.88 Å². The predicted octanol–water partition coefficient (Wildman–Crippen LogP) is 1.85. The van der Waals surface area contributed by atoms with Crippen LogP contribution in [0.3, 0.4) is 0 Å². The highest BCUT2D eigenvalue weighted by molar-refractivity contribution is 5.11. The van der Waals surface area contributed by atoms with Gasteiger partial charge in [-0.1, -0.05) is 12.1 Å². The Balaban J connectivity index is 1.41. The first-order valence-corrected chi connectivity index (χ1v) is 9.24. The largest absolute Gasteiger partial charge is 0.469 e. The molecule has 1 atom stereocenters. The van der Waals surface area contributed by atoms with Gasteiger partial charge in [-0.15, -0.1) is 10.2 Å². The van der Waals surface area contributed by atoms with E-state index in [-0.39, 0.29) is 0 Å². The third-order valence-electron chi connectivity index (χ3n) is 4.99. The molecule has 4 heterocycles. The molecule has 0 aromatic carbocycles. The molecule has 0 bridgehead atoms. The minimum atomic E-state index is 0.386. The number of nitrogens with zero attached hydrogens (tertiary/aromatic N) is 5. The highest BCUT2D eigenvalue weighted by Crippen LogP contribution is 2.18. The highest BCUT2D eigenvalue weighted by atomic mass is 16.5. The van der Waals surface area contributed by atoms with Crippen LogP contribution in [0.1, 0.15) is 25.0 Å². The van der Waals surface area contributed by atoms with Gasteiger partial charge in [-0.2, -0.15) is 0 Å².